The molecule has 11 heteroatoms. The lowest BCUT2D eigenvalue weighted by molar-refractivity contribution is -0.258. The van der Waals surface area contributed by atoms with Crippen molar-refractivity contribution in [2.45, 2.75) is 135 Å². The van der Waals surface area contributed by atoms with Gasteiger partial charge in [0.1, 0.15) is 28.8 Å². The van der Waals surface area contributed by atoms with Crippen molar-refractivity contribution in [2.24, 2.45) is 68.0 Å². The fourth-order valence-electron chi connectivity index (χ4n) is 16.3. The molecule has 9 fully saturated rings. The van der Waals surface area contributed by atoms with Crippen LogP contribution in [-0.4, -0.2) is 82.7 Å². The average molecular weight is 709 g/mol. The summed E-state index contributed by atoms with van der Waals surface area (Å²) in [6, 6.07) is 0. The van der Waals surface area contributed by atoms with E-state index in [1.165, 1.54) is 0 Å². The molecule has 11 nitrogen and oxygen atoms in total. The fourth-order valence-corrected chi connectivity index (χ4v) is 16.3. The topological polar surface area (TPSA) is 158 Å². The third-order valence-electron chi connectivity index (χ3n) is 17.8. The molecule has 11 aliphatic rings. The van der Waals surface area contributed by atoms with Crippen LogP contribution in [0.3, 0.4) is 0 Å². The monoisotopic (exact) mass is 708 g/mol. The van der Waals surface area contributed by atoms with Crippen LogP contribution in [-0.2, 0) is 38.1 Å². The van der Waals surface area contributed by atoms with Crippen molar-refractivity contribution in [1.29, 1.82) is 0 Å². The van der Waals surface area contributed by atoms with Crippen molar-refractivity contribution < 1.29 is 53.4 Å². The minimum Gasteiger partial charge on any atom is -0.482 e. The van der Waals surface area contributed by atoms with Crippen LogP contribution in [0.2, 0.25) is 0 Å². The Labute approximate surface area is 298 Å². The lowest BCUT2D eigenvalue weighted by Gasteiger charge is -2.63. The maximum Gasteiger partial charge on any atom is 0.320 e. The van der Waals surface area contributed by atoms with Gasteiger partial charge in [0, 0.05) is 34.5 Å². The highest BCUT2D eigenvalue weighted by atomic mass is 16.6. The molecule has 16 atom stereocenters. The van der Waals surface area contributed by atoms with Gasteiger partial charge in [0.05, 0.1) is 19.3 Å². The maximum atomic E-state index is 15.6. The number of hydrogen-bond acceptors (Lipinski definition) is 11. The van der Waals surface area contributed by atoms with Crippen LogP contribution in [0.15, 0.2) is 11.3 Å². The van der Waals surface area contributed by atoms with E-state index in [4.69, 9.17) is 23.7 Å². The second kappa shape index (κ2) is 9.42. The Morgan fingerprint density at radius 1 is 0.686 bits per heavy atom. The number of ether oxygens (including phenoxy) is 5. The molecule has 5 saturated carbocycles. The summed E-state index contributed by atoms with van der Waals surface area (Å²) in [5.41, 5.74) is -5.14. The van der Waals surface area contributed by atoms with Gasteiger partial charge in [-0.15, -0.1) is 0 Å². The number of aliphatic hydroxyl groups is 3. The van der Waals surface area contributed by atoms with E-state index in [1.54, 1.807) is 0 Å². The fraction of sp³-hybridized carbons (Fsp3) is 0.875. The SMILES string of the molecule is CC1(C)CC[C@@H]2OC(=O)[C@@]34CC(CC[C@H]3C23CO[C@@H](O)[C@H]13)[C@@]1(CCC2=C(O1)C13C[C@H]2CC(O)C1[C@@]12CO[C@@H](O)[C@@H]1C(C)(C)CC[C@@H]2OC3=O)C4=O. The summed E-state index contributed by atoms with van der Waals surface area (Å²) >= 11 is 0. The number of aliphatic hydroxyl groups excluding tert-OH is 3. The number of ketones is 1. The summed E-state index contributed by atoms with van der Waals surface area (Å²) < 4.78 is 32.3. The average Bonchev–Trinajstić information content (AvgIpc) is 3.75. The molecule has 11 rings (SSSR count). The standard InChI is InChI=1S/C40H52O11/c1-34(2)10-8-23-38(16-47-29(42)26(34)38)22-6-5-19-15-36(22,32(45)49-23)31(44)40(19)12-7-20-18-13-21(41)25-37(14-18,28(20)51-40)33(46)50-24-9-11-35(3,4)27-30(43)48-17-39(24,25)27/h18-19,21-27,29-30,41-43H,5-17H2,1-4H3/t18-,19?,21?,22-,23+,24+,25?,26-,27-,29-,30-,36+,37?,38?,39+,40+/m1/s1. The molecular formula is C40H52O11. The first-order valence-electron chi connectivity index (χ1n) is 19.8. The first-order chi connectivity index (χ1) is 24.1. The number of allylic oxidation sites excluding steroid dienone is 1. The minimum atomic E-state index is -1.42. The summed E-state index contributed by atoms with van der Waals surface area (Å²) in [7, 11) is 0. The van der Waals surface area contributed by atoms with Crippen LogP contribution >= 0.6 is 0 Å². The molecule has 278 valence electrons. The summed E-state index contributed by atoms with van der Waals surface area (Å²) in [5.74, 6) is -2.54. The van der Waals surface area contributed by atoms with Crippen LogP contribution in [0, 0.1) is 68.0 Å². The third kappa shape index (κ3) is 3.27. The normalized spacial score (nSPS) is 57.9. The minimum absolute atomic E-state index is 0.0881. The van der Waals surface area contributed by atoms with Crippen LogP contribution in [0.4, 0.5) is 0 Å². The van der Waals surface area contributed by atoms with Crippen molar-refractivity contribution >= 4 is 17.7 Å². The highest BCUT2D eigenvalue weighted by Gasteiger charge is 2.84. The number of carbonyl (C=O) groups is 3. The molecule has 0 aromatic carbocycles. The highest BCUT2D eigenvalue weighted by Crippen LogP contribution is 2.77. The van der Waals surface area contributed by atoms with Crippen molar-refractivity contribution in [3.8, 4) is 0 Å². The van der Waals surface area contributed by atoms with Gasteiger partial charge in [-0.25, -0.2) is 0 Å². The zero-order valence-corrected chi connectivity index (χ0v) is 30.2. The Kier molecular flexibility index (Phi) is 5.98. The second-order valence-corrected chi connectivity index (χ2v) is 20.3. The van der Waals surface area contributed by atoms with Gasteiger partial charge in [0.15, 0.2) is 24.0 Å². The van der Waals surface area contributed by atoms with Crippen molar-refractivity contribution in [3.63, 3.8) is 0 Å². The number of esters is 2. The smallest absolute Gasteiger partial charge is 0.320 e. The lowest BCUT2D eigenvalue weighted by Crippen LogP contribution is -2.70. The highest BCUT2D eigenvalue weighted by molar-refractivity contribution is 6.11. The van der Waals surface area contributed by atoms with E-state index in [9.17, 15) is 24.9 Å². The van der Waals surface area contributed by atoms with E-state index < -0.39 is 76.0 Å². The summed E-state index contributed by atoms with van der Waals surface area (Å²) in [6.07, 6.45) is 2.53. The molecule has 5 aliphatic heterocycles. The zero-order valence-electron chi connectivity index (χ0n) is 30.2. The predicted molar refractivity (Wildman–Crippen MR) is 175 cm³/mol. The van der Waals surface area contributed by atoms with Gasteiger partial charge < -0.3 is 39.0 Å². The maximum absolute atomic E-state index is 15.6. The molecule has 3 N–H and O–H groups in total. The van der Waals surface area contributed by atoms with Crippen LogP contribution in [0.1, 0.15) is 98.3 Å². The molecular weight excluding hydrogens is 656 g/mol. The quantitative estimate of drug-likeness (QED) is 0.250. The Hall–Kier alpha value is -2.05. The van der Waals surface area contributed by atoms with E-state index in [2.05, 4.69) is 27.7 Å². The zero-order chi connectivity index (χ0) is 35.5. The predicted octanol–water partition coefficient (Wildman–Crippen LogP) is 3.56. The van der Waals surface area contributed by atoms with Gasteiger partial charge in [-0.1, -0.05) is 27.7 Å². The third-order valence-corrected chi connectivity index (χ3v) is 17.8. The van der Waals surface area contributed by atoms with Crippen molar-refractivity contribution in [1.82, 2.24) is 0 Å². The van der Waals surface area contributed by atoms with Gasteiger partial charge in [-0.3, -0.25) is 14.4 Å². The Morgan fingerprint density at radius 3 is 1.98 bits per heavy atom. The molecule has 5 heterocycles. The van der Waals surface area contributed by atoms with E-state index in [-0.39, 0.29) is 59.4 Å². The molecule has 0 radical (unpaired) electrons. The van der Waals surface area contributed by atoms with Gasteiger partial charge in [-0.05, 0) is 98.9 Å². The van der Waals surface area contributed by atoms with Crippen LogP contribution in [0.25, 0.3) is 0 Å². The van der Waals surface area contributed by atoms with Gasteiger partial charge >= 0.3 is 11.9 Å². The lowest BCUT2D eigenvalue weighted by atomic mass is 9.43. The Bertz CT molecular complexity index is 1700. The first-order valence-corrected chi connectivity index (χ1v) is 19.8. The van der Waals surface area contributed by atoms with E-state index in [0.717, 1.165) is 18.4 Å². The molecule has 51 heavy (non-hydrogen) atoms. The van der Waals surface area contributed by atoms with Gasteiger partial charge in [0.25, 0.3) is 0 Å². The van der Waals surface area contributed by atoms with E-state index in [0.29, 0.717) is 63.5 Å². The van der Waals surface area contributed by atoms with E-state index in [1.807, 2.05) is 0 Å². The second-order valence-electron chi connectivity index (χ2n) is 20.3. The summed E-state index contributed by atoms with van der Waals surface area (Å²) in [4.78, 5) is 44.8. The molecule has 0 amide bonds. The van der Waals surface area contributed by atoms with Crippen molar-refractivity contribution in [3.05, 3.63) is 11.3 Å². The first kappa shape index (κ1) is 32.4. The van der Waals surface area contributed by atoms with Crippen LogP contribution in [0.5, 0.6) is 0 Å². The number of carbonyl (C=O) groups excluding carboxylic acids is 3. The number of fused-ring (bicyclic) bond motifs is 4. The number of rotatable bonds is 0. The van der Waals surface area contributed by atoms with Crippen molar-refractivity contribution in [2.75, 3.05) is 13.2 Å². The number of Topliss-reactive ketones (excluding diaryl/α,β-unsaturated/α-hetero) is 1. The molecule has 0 aromatic rings. The van der Waals surface area contributed by atoms with Gasteiger partial charge in [-0.2, -0.15) is 0 Å². The Morgan fingerprint density at radius 2 is 1.29 bits per heavy atom. The van der Waals surface area contributed by atoms with Gasteiger partial charge in [0.2, 0.25) is 0 Å². The molecule has 5 spiro atoms. The van der Waals surface area contributed by atoms with Crippen LogP contribution < -0.4 is 0 Å². The summed E-state index contributed by atoms with van der Waals surface area (Å²) in [6.45, 7) is 8.99. The summed E-state index contributed by atoms with van der Waals surface area (Å²) in [5, 5.41) is 34.9. The van der Waals surface area contributed by atoms with E-state index >= 15 is 4.79 Å². The Balaban J connectivity index is 1.03. The number of hydrogen-bond donors (Lipinski definition) is 3. The molecule has 4 bridgehead atoms. The molecule has 5 unspecified atom stereocenters. The molecule has 0 aromatic heterocycles. The molecule has 6 aliphatic carbocycles. The molecule has 4 saturated heterocycles. The largest absolute Gasteiger partial charge is 0.482 e.